The van der Waals surface area contributed by atoms with Crippen molar-refractivity contribution in [3.63, 3.8) is 0 Å². The predicted octanol–water partition coefficient (Wildman–Crippen LogP) is -1.90. The molecule has 1 saturated heterocycles. The molecule has 108 valence electrons. The number of aryl methyl sites for hydroxylation is 1. The number of ether oxygens (including phenoxy) is 1. The molecule has 0 aromatic carbocycles. The van der Waals surface area contributed by atoms with E-state index in [1.807, 2.05) is 0 Å². The molecule has 0 amide bonds. The van der Waals surface area contributed by atoms with Gasteiger partial charge in [0.15, 0.2) is 5.82 Å². The molecule has 0 radical (unpaired) electrons. The summed E-state index contributed by atoms with van der Waals surface area (Å²) in [4.78, 5) is 7.99. The Kier molecular flexibility index (Phi) is 3.05. The second-order valence-electron chi connectivity index (χ2n) is 4.72. The van der Waals surface area contributed by atoms with Crippen LogP contribution in [0.25, 0.3) is 11.0 Å². The van der Waals surface area contributed by atoms with E-state index in [1.54, 1.807) is 7.05 Å². The van der Waals surface area contributed by atoms with Gasteiger partial charge in [0.05, 0.1) is 6.61 Å². The number of nitrogens with zero attached hydrogens (tertiary/aromatic N) is 4. The topological polar surface area (TPSA) is 140 Å². The summed E-state index contributed by atoms with van der Waals surface area (Å²) in [6.07, 6.45) is -2.81. The SMILES string of the molecule is Cn1nc(C2OC(CO)C(O)C2O)c2ncnc(N)c21. The summed E-state index contributed by atoms with van der Waals surface area (Å²) >= 11 is 0. The maximum absolute atomic E-state index is 10.0. The number of rotatable bonds is 2. The Balaban J connectivity index is 2.10. The normalized spacial score (nSPS) is 30.2. The average Bonchev–Trinajstić information content (AvgIpc) is 2.90. The van der Waals surface area contributed by atoms with Gasteiger partial charge in [0, 0.05) is 7.05 Å². The van der Waals surface area contributed by atoms with Crippen LogP contribution in [0.3, 0.4) is 0 Å². The van der Waals surface area contributed by atoms with Crippen LogP contribution in [0.15, 0.2) is 6.33 Å². The Hall–Kier alpha value is -1.81. The molecule has 0 saturated carbocycles. The minimum Gasteiger partial charge on any atom is -0.394 e. The summed E-state index contributed by atoms with van der Waals surface area (Å²) in [5.41, 5.74) is 7.12. The lowest BCUT2D eigenvalue weighted by atomic mass is 10.1. The lowest BCUT2D eigenvalue weighted by Crippen LogP contribution is -2.32. The van der Waals surface area contributed by atoms with Crippen LogP contribution in [-0.4, -0.2) is 60.0 Å². The van der Waals surface area contributed by atoms with Crippen molar-refractivity contribution in [2.75, 3.05) is 12.3 Å². The van der Waals surface area contributed by atoms with Crippen molar-refractivity contribution in [3.05, 3.63) is 12.0 Å². The van der Waals surface area contributed by atoms with E-state index in [0.29, 0.717) is 16.7 Å². The molecule has 9 heteroatoms. The van der Waals surface area contributed by atoms with Crippen molar-refractivity contribution in [1.82, 2.24) is 19.7 Å². The summed E-state index contributed by atoms with van der Waals surface area (Å²) in [5, 5.41) is 33.2. The van der Waals surface area contributed by atoms with Gasteiger partial charge in [-0.1, -0.05) is 0 Å². The monoisotopic (exact) mass is 281 g/mol. The molecule has 2 aromatic rings. The summed E-state index contributed by atoms with van der Waals surface area (Å²) in [7, 11) is 1.67. The fourth-order valence-electron chi connectivity index (χ4n) is 2.48. The first-order chi connectivity index (χ1) is 9.54. The number of hydrogen-bond acceptors (Lipinski definition) is 8. The second kappa shape index (κ2) is 4.63. The number of anilines is 1. The van der Waals surface area contributed by atoms with Crippen molar-refractivity contribution in [3.8, 4) is 0 Å². The fourth-order valence-corrected chi connectivity index (χ4v) is 2.48. The van der Waals surface area contributed by atoms with E-state index in [1.165, 1.54) is 11.0 Å². The molecule has 1 aliphatic rings. The van der Waals surface area contributed by atoms with Crippen LogP contribution in [0.4, 0.5) is 5.82 Å². The lowest BCUT2D eigenvalue weighted by Gasteiger charge is -2.12. The number of hydrogen-bond donors (Lipinski definition) is 4. The van der Waals surface area contributed by atoms with Gasteiger partial charge in [0.1, 0.15) is 47.5 Å². The van der Waals surface area contributed by atoms with Gasteiger partial charge in [-0.05, 0) is 0 Å². The molecule has 2 aromatic heterocycles. The molecule has 9 nitrogen and oxygen atoms in total. The van der Waals surface area contributed by atoms with Gasteiger partial charge in [-0.15, -0.1) is 0 Å². The highest BCUT2D eigenvalue weighted by molar-refractivity contribution is 5.86. The summed E-state index contributed by atoms with van der Waals surface area (Å²) < 4.78 is 6.95. The predicted molar refractivity (Wildman–Crippen MR) is 67.4 cm³/mol. The van der Waals surface area contributed by atoms with Gasteiger partial charge in [0.2, 0.25) is 0 Å². The van der Waals surface area contributed by atoms with Crippen LogP contribution in [0.5, 0.6) is 0 Å². The van der Waals surface area contributed by atoms with Gasteiger partial charge in [-0.2, -0.15) is 5.10 Å². The van der Waals surface area contributed by atoms with Crippen molar-refractivity contribution in [2.45, 2.75) is 24.4 Å². The molecule has 0 aliphatic carbocycles. The molecule has 4 atom stereocenters. The third kappa shape index (κ3) is 1.75. The van der Waals surface area contributed by atoms with Crippen LogP contribution >= 0.6 is 0 Å². The van der Waals surface area contributed by atoms with Crippen molar-refractivity contribution in [2.24, 2.45) is 7.05 Å². The van der Waals surface area contributed by atoms with E-state index in [9.17, 15) is 10.2 Å². The van der Waals surface area contributed by atoms with E-state index in [-0.39, 0.29) is 5.82 Å². The Morgan fingerprint density at radius 2 is 2.10 bits per heavy atom. The van der Waals surface area contributed by atoms with Gasteiger partial charge < -0.3 is 25.8 Å². The van der Waals surface area contributed by atoms with E-state index in [2.05, 4.69) is 15.1 Å². The number of fused-ring (bicyclic) bond motifs is 1. The third-order valence-electron chi connectivity index (χ3n) is 3.49. The molecule has 1 fully saturated rings. The summed E-state index contributed by atoms with van der Waals surface area (Å²) in [6, 6.07) is 0. The molecule has 3 rings (SSSR count). The van der Waals surface area contributed by atoms with Crippen molar-refractivity contribution < 1.29 is 20.1 Å². The molecule has 0 bridgehead atoms. The highest BCUT2D eigenvalue weighted by Gasteiger charge is 2.45. The number of nitrogens with two attached hydrogens (primary N) is 1. The second-order valence-corrected chi connectivity index (χ2v) is 4.72. The standard InChI is InChI=1S/C11H15N5O4/c1-16-7-5(13-3-14-11(7)12)6(15-16)10-9(19)8(18)4(2-17)20-10/h3-4,8-10,17-19H,2H2,1H3,(H2,12,13,14). The largest absolute Gasteiger partial charge is 0.394 e. The van der Waals surface area contributed by atoms with Crippen molar-refractivity contribution >= 4 is 16.9 Å². The summed E-state index contributed by atoms with van der Waals surface area (Å²) in [5.74, 6) is 0.267. The van der Waals surface area contributed by atoms with Gasteiger partial charge in [-0.25, -0.2) is 9.97 Å². The van der Waals surface area contributed by atoms with Crippen LogP contribution in [0.2, 0.25) is 0 Å². The molecular weight excluding hydrogens is 266 g/mol. The first kappa shape index (κ1) is 13.2. The van der Waals surface area contributed by atoms with Gasteiger partial charge in [-0.3, -0.25) is 4.68 Å². The molecule has 4 unspecified atom stereocenters. The first-order valence-electron chi connectivity index (χ1n) is 6.10. The maximum atomic E-state index is 10.0. The third-order valence-corrected chi connectivity index (χ3v) is 3.49. The van der Waals surface area contributed by atoms with Gasteiger partial charge in [0.25, 0.3) is 0 Å². The average molecular weight is 281 g/mol. The fraction of sp³-hybridized carbons (Fsp3) is 0.545. The molecule has 0 spiro atoms. The van der Waals surface area contributed by atoms with Crippen LogP contribution in [0.1, 0.15) is 11.8 Å². The highest BCUT2D eigenvalue weighted by Crippen LogP contribution is 2.36. The van der Waals surface area contributed by atoms with Crippen LogP contribution < -0.4 is 5.73 Å². The van der Waals surface area contributed by atoms with E-state index in [0.717, 1.165) is 0 Å². The minimum atomic E-state index is -1.19. The first-order valence-corrected chi connectivity index (χ1v) is 6.10. The Labute approximate surface area is 113 Å². The van der Waals surface area contributed by atoms with E-state index in [4.69, 9.17) is 15.6 Å². The number of aliphatic hydroxyl groups is 3. The number of aromatic nitrogens is 4. The lowest BCUT2D eigenvalue weighted by molar-refractivity contribution is -0.0237. The van der Waals surface area contributed by atoms with Crippen LogP contribution in [-0.2, 0) is 11.8 Å². The van der Waals surface area contributed by atoms with Crippen LogP contribution in [0, 0.1) is 0 Å². The molecule has 20 heavy (non-hydrogen) atoms. The maximum Gasteiger partial charge on any atom is 0.153 e. The zero-order valence-corrected chi connectivity index (χ0v) is 10.7. The molecule has 3 heterocycles. The van der Waals surface area contributed by atoms with E-state index >= 15 is 0 Å². The Morgan fingerprint density at radius 1 is 1.35 bits per heavy atom. The molecule has 1 aliphatic heterocycles. The number of nitrogen functional groups attached to an aromatic ring is 1. The van der Waals surface area contributed by atoms with Gasteiger partial charge >= 0.3 is 0 Å². The minimum absolute atomic E-state index is 0.267. The zero-order chi connectivity index (χ0) is 14.4. The van der Waals surface area contributed by atoms with E-state index < -0.39 is 31.0 Å². The molecule has 5 N–H and O–H groups in total. The Morgan fingerprint density at radius 3 is 2.75 bits per heavy atom. The summed E-state index contributed by atoms with van der Waals surface area (Å²) in [6.45, 7) is -0.392. The smallest absolute Gasteiger partial charge is 0.153 e. The van der Waals surface area contributed by atoms with Crippen molar-refractivity contribution in [1.29, 1.82) is 0 Å². The highest BCUT2D eigenvalue weighted by atomic mass is 16.6. The Bertz CT molecular complexity index is 645. The number of aliphatic hydroxyl groups excluding tert-OH is 3. The quantitative estimate of drug-likeness (QED) is 0.500. The molecular formula is C11H15N5O4. The zero-order valence-electron chi connectivity index (χ0n) is 10.7.